The summed E-state index contributed by atoms with van der Waals surface area (Å²) in [5.41, 5.74) is 2.26. The van der Waals surface area contributed by atoms with Crippen LogP contribution in [0.25, 0.3) is 6.08 Å². The molecule has 0 aromatic heterocycles. The summed E-state index contributed by atoms with van der Waals surface area (Å²) in [6.45, 7) is 1.87. The van der Waals surface area contributed by atoms with E-state index in [1.165, 1.54) is 12.0 Å². The summed E-state index contributed by atoms with van der Waals surface area (Å²) in [5.74, 6) is 0.940. The first kappa shape index (κ1) is 18.6. The SMILES string of the molecule is COC(=O)C1=C(C)N(c2cccc(OC)c2)C(=O)C1=Cc1ccc2c(c1)OCO2. The van der Waals surface area contributed by atoms with Crippen molar-refractivity contribution in [2.24, 2.45) is 0 Å². The fourth-order valence-corrected chi connectivity index (χ4v) is 3.41. The monoisotopic (exact) mass is 393 g/mol. The predicted molar refractivity (Wildman–Crippen MR) is 106 cm³/mol. The second-order valence-electron chi connectivity index (χ2n) is 6.46. The van der Waals surface area contributed by atoms with Crippen LogP contribution in [-0.4, -0.2) is 32.9 Å². The minimum atomic E-state index is -0.576. The zero-order valence-electron chi connectivity index (χ0n) is 16.2. The van der Waals surface area contributed by atoms with Crippen LogP contribution in [0.1, 0.15) is 12.5 Å². The van der Waals surface area contributed by atoms with E-state index in [9.17, 15) is 9.59 Å². The largest absolute Gasteiger partial charge is 0.497 e. The number of ether oxygens (including phenoxy) is 4. The van der Waals surface area contributed by atoms with E-state index >= 15 is 0 Å². The van der Waals surface area contributed by atoms with Gasteiger partial charge in [-0.15, -0.1) is 0 Å². The average molecular weight is 393 g/mol. The molecule has 2 aliphatic rings. The lowest BCUT2D eigenvalue weighted by molar-refractivity contribution is -0.136. The second kappa shape index (κ2) is 7.35. The van der Waals surface area contributed by atoms with Crippen molar-refractivity contribution in [2.45, 2.75) is 6.92 Å². The van der Waals surface area contributed by atoms with Gasteiger partial charge in [0.15, 0.2) is 11.5 Å². The molecule has 29 heavy (non-hydrogen) atoms. The molecule has 0 unspecified atom stereocenters. The molecule has 0 saturated heterocycles. The summed E-state index contributed by atoms with van der Waals surface area (Å²) in [6, 6.07) is 12.4. The molecule has 7 nitrogen and oxygen atoms in total. The normalized spacial score (nSPS) is 16.6. The standard InChI is InChI=1S/C22H19NO6/c1-13-20(22(25)27-3)17(9-14-7-8-18-19(10-14)29-12-28-18)21(24)23(13)15-5-4-6-16(11-15)26-2/h4-11H,12H2,1-3H3. The quantitative estimate of drug-likeness (QED) is 0.586. The highest BCUT2D eigenvalue weighted by molar-refractivity contribution is 6.23. The van der Waals surface area contributed by atoms with E-state index in [0.717, 1.165) is 0 Å². The molecule has 1 amide bonds. The molecule has 0 atom stereocenters. The molecular formula is C22H19NO6. The minimum Gasteiger partial charge on any atom is -0.497 e. The van der Waals surface area contributed by atoms with Crippen LogP contribution in [0.2, 0.25) is 0 Å². The zero-order chi connectivity index (χ0) is 20.5. The van der Waals surface area contributed by atoms with Crippen LogP contribution in [-0.2, 0) is 14.3 Å². The van der Waals surface area contributed by atoms with E-state index in [1.807, 2.05) is 0 Å². The number of esters is 1. The van der Waals surface area contributed by atoms with Crippen molar-refractivity contribution in [2.75, 3.05) is 25.9 Å². The maximum Gasteiger partial charge on any atom is 0.340 e. The average Bonchev–Trinajstić information content (AvgIpc) is 3.29. The molecule has 0 bridgehead atoms. The van der Waals surface area contributed by atoms with Crippen molar-refractivity contribution in [1.82, 2.24) is 0 Å². The number of benzene rings is 2. The first-order chi connectivity index (χ1) is 14.0. The smallest absolute Gasteiger partial charge is 0.340 e. The third-order valence-electron chi connectivity index (χ3n) is 4.81. The summed E-state index contributed by atoms with van der Waals surface area (Å²) in [4.78, 5) is 27.3. The Labute approximate surface area is 167 Å². The van der Waals surface area contributed by atoms with Gasteiger partial charge in [0.1, 0.15) is 5.75 Å². The van der Waals surface area contributed by atoms with E-state index in [0.29, 0.717) is 34.2 Å². The molecule has 2 aromatic rings. The number of rotatable bonds is 4. The highest BCUT2D eigenvalue weighted by Crippen LogP contribution is 2.38. The van der Waals surface area contributed by atoms with Crippen LogP contribution in [0.4, 0.5) is 5.69 Å². The Morgan fingerprint density at radius 3 is 2.66 bits per heavy atom. The van der Waals surface area contributed by atoms with Gasteiger partial charge in [-0.2, -0.15) is 0 Å². The van der Waals surface area contributed by atoms with Gasteiger partial charge in [-0.1, -0.05) is 12.1 Å². The Kier molecular flexibility index (Phi) is 4.72. The van der Waals surface area contributed by atoms with Crippen LogP contribution in [0, 0.1) is 0 Å². The molecule has 0 saturated carbocycles. The highest BCUT2D eigenvalue weighted by Gasteiger charge is 2.38. The fraction of sp³-hybridized carbons (Fsp3) is 0.182. The molecule has 2 aliphatic heterocycles. The molecule has 0 radical (unpaired) electrons. The number of hydrogen-bond donors (Lipinski definition) is 0. The Bertz CT molecular complexity index is 1070. The molecule has 2 heterocycles. The molecule has 4 rings (SSSR count). The van der Waals surface area contributed by atoms with Crippen LogP contribution < -0.4 is 19.1 Å². The van der Waals surface area contributed by atoms with Crippen LogP contribution in [0.15, 0.2) is 59.3 Å². The van der Waals surface area contributed by atoms with Crippen LogP contribution in [0.3, 0.4) is 0 Å². The van der Waals surface area contributed by atoms with Crippen molar-refractivity contribution in [3.63, 3.8) is 0 Å². The van der Waals surface area contributed by atoms with E-state index in [1.54, 1.807) is 62.6 Å². The van der Waals surface area contributed by atoms with Gasteiger partial charge in [-0.3, -0.25) is 9.69 Å². The molecule has 0 N–H and O–H groups in total. The van der Waals surface area contributed by atoms with E-state index in [4.69, 9.17) is 18.9 Å². The first-order valence-electron chi connectivity index (χ1n) is 8.93. The Balaban J connectivity index is 1.81. The topological polar surface area (TPSA) is 74.3 Å². The van der Waals surface area contributed by atoms with Gasteiger partial charge in [0, 0.05) is 11.8 Å². The second-order valence-corrected chi connectivity index (χ2v) is 6.46. The van der Waals surface area contributed by atoms with E-state index in [-0.39, 0.29) is 23.8 Å². The lowest BCUT2D eigenvalue weighted by Gasteiger charge is -2.18. The van der Waals surface area contributed by atoms with Gasteiger partial charge in [-0.05, 0) is 42.8 Å². The van der Waals surface area contributed by atoms with Crippen molar-refractivity contribution in [3.8, 4) is 17.2 Å². The van der Waals surface area contributed by atoms with Gasteiger partial charge in [-0.25, -0.2) is 4.79 Å². The summed E-state index contributed by atoms with van der Waals surface area (Å²) < 4.78 is 20.9. The van der Waals surface area contributed by atoms with E-state index < -0.39 is 5.97 Å². The lowest BCUT2D eigenvalue weighted by Crippen LogP contribution is -2.24. The number of carbonyl (C=O) groups excluding carboxylic acids is 2. The fourth-order valence-electron chi connectivity index (χ4n) is 3.41. The highest BCUT2D eigenvalue weighted by atomic mass is 16.7. The van der Waals surface area contributed by atoms with Crippen molar-refractivity contribution in [1.29, 1.82) is 0 Å². The number of carbonyl (C=O) groups is 2. The molecular weight excluding hydrogens is 374 g/mol. The van der Waals surface area contributed by atoms with Gasteiger partial charge in [0.05, 0.1) is 31.1 Å². The van der Waals surface area contributed by atoms with Crippen molar-refractivity contribution >= 4 is 23.6 Å². The summed E-state index contributed by atoms with van der Waals surface area (Å²) in [5, 5.41) is 0. The zero-order valence-corrected chi connectivity index (χ0v) is 16.2. The third kappa shape index (κ3) is 3.20. The van der Waals surface area contributed by atoms with Gasteiger partial charge < -0.3 is 18.9 Å². The number of hydrogen-bond acceptors (Lipinski definition) is 6. The Morgan fingerprint density at radius 1 is 1.10 bits per heavy atom. The number of amides is 1. The summed E-state index contributed by atoms with van der Waals surface area (Å²) in [6.07, 6.45) is 1.65. The third-order valence-corrected chi connectivity index (χ3v) is 4.81. The maximum atomic E-state index is 13.3. The number of fused-ring (bicyclic) bond motifs is 1. The number of methoxy groups -OCH3 is 2. The molecule has 0 fully saturated rings. The minimum absolute atomic E-state index is 0.157. The number of allylic oxidation sites excluding steroid dienone is 1. The molecule has 7 heteroatoms. The Hall–Kier alpha value is -3.74. The van der Waals surface area contributed by atoms with Crippen molar-refractivity contribution in [3.05, 3.63) is 64.9 Å². The first-order valence-corrected chi connectivity index (χ1v) is 8.93. The van der Waals surface area contributed by atoms with E-state index in [2.05, 4.69) is 0 Å². The number of nitrogens with zero attached hydrogens (tertiary/aromatic N) is 1. The molecule has 2 aromatic carbocycles. The Morgan fingerprint density at radius 2 is 1.90 bits per heavy atom. The molecule has 0 aliphatic carbocycles. The van der Waals surface area contributed by atoms with Crippen LogP contribution in [0.5, 0.6) is 17.2 Å². The van der Waals surface area contributed by atoms with Crippen LogP contribution >= 0.6 is 0 Å². The molecule has 148 valence electrons. The summed E-state index contributed by atoms with van der Waals surface area (Å²) in [7, 11) is 2.85. The van der Waals surface area contributed by atoms with Gasteiger partial charge >= 0.3 is 5.97 Å². The lowest BCUT2D eigenvalue weighted by atomic mass is 10.0. The molecule has 0 spiro atoms. The summed E-state index contributed by atoms with van der Waals surface area (Å²) >= 11 is 0. The number of anilines is 1. The predicted octanol–water partition coefficient (Wildman–Crippen LogP) is 3.30. The maximum absolute atomic E-state index is 13.3. The van der Waals surface area contributed by atoms with Crippen molar-refractivity contribution < 1.29 is 28.5 Å². The van der Waals surface area contributed by atoms with Gasteiger partial charge in [0.25, 0.3) is 5.91 Å². The van der Waals surface area contributed by atoms with Gasteiger partial charge in [0.2, 0.25) is 6.79 Å².